The van der Waals surface area contributed by atoms with Gasteiger partial charge in [0.1, 0.15) is 40.9 Å². The van der Waals surface area contributed by atoms with Gasteiger partial charge in [-0.1, -0.05) is 122 Å². The summed E-state index contributed by atoms with van der Waals surface area (Å²) in [6, 6.07) is -1.20. The Labute approximate surface area is 587 Å². The Morgan fingerprint density at radius 2 is 1.02 bits per heavy atom. The quantitative estimate of drug-likeness (QED) is 0.104. The van der Waals surface area contributed by atoms with E-state index in [2.05, 4.69) is 10.3 Å². The number of Topliss-reactive ketones (excluding diaryl/α,β-unsaturated/α-hetero) is 3. The van der Waals surface area contributed by atoms with Crippen molar-refractivity contribution in [2.24, 2.45) is 59.2 Å². The maximum Gasteiger partial charge on any atom is 0.295 e. The van der Waals surface area contributed by atoms with Crippen LogP contribution in [0.4, 0.5) is 0 Å². The normalized spacial score (nSPS) is 25.2. The molecule has 25 nitrogen and oxygen atoms in total. The van der Waals surface area contributed by atoms with E-state index in [4.69, 9.17) is 4.98 Å². The lowest BCUT2D eigenvalue weighted by atomic mass is 9.84. The third kappa shape index (κ3) is 21.2. The molecule has 1 saturated heterocycles. The van der Waals surface area contributed by atoms with Crippen molar-refractivity contribution < 1.29 is 70.8 Å². The Hall–Kier alpha value is -7.19. The van der Waals surface area contributed by atoms with Gasteiger partial charge in [-0.25, -0.2) is 4.98 Å². The van der Waals surface area contributed by atoms with E-state index in [1.165, 1.54) is 99.0 Å². The van der Waals surface area contributed by atoms with Gasteiger partial charge in [0.15, 0.2) is 17.3 Å². The standard InChI is InChI=1S/C73H116N10O15S/c1-24-48-36-59(86)65(66(88)45(14)35-61-75-52-29-28-49-50(63(52)76-61)26-25-27-60(49)99(96,97)98)83(23)73(95)64(44(12)13)82(22)72(94)56(33-42(8)9)81(21)71(93)55(32-41(6)7)80(20)68(90)47(16)74-67(89)46(15)34-57(84)54(31-40(4)5)79(19)70(92)51(43(10)11)37-58(85)53(30-39(2)3)78(18)62(87)38-77(17)69(48)91/h25-29,39-48,51,53-56,64-66,88H,24,30-38H2,1-23H3,(H,74,89)(H,75,76)(H,96,97,98)/t45-,46-,47-,48-,51+,53+,54+,55+,56+,64+,65-,66-/m1/s1. The second kappa shape index (κ2) is 35.9. The molecule has 0 bridgehead atoms. The van der Waals surface area contributed by atoms with Crippen molar-refractivity contribution in [1.29, 1.82) is 0 Å². The van der Waals surface area contributed by atoms with E-state index in [1.54, 1.807) is 60.6 Å². The SMILES string of the molecule is CC[C@@H]1CC(=O)[C@H]([C@H](O)[C@H](C)Cc2nc3c(ccc4c(S(=O)(=O)O)cccc43)[nH]2)N(C)C(=O)[C@H](C(C)C)N(C)C(=O)[C@H](CC(C)C)N(C)C(=O)[C@H](CC(C)C)N(C)C(=O)[C@@H](C)NC(=O)[C@H](C)CC(=O)[C@H](CC(C)C)N(C)C(=O)[C@H](C(C)C)CC(=O)[C@H](CC(C)C)N(C)C(=O)CN(C)C1=O. The van der Waals surface area contributed by atoms with Crippen LogP contribution < -0.4 is 5.32 Å². The summed E-state index contributed by atoms with van der Waals surface area (Å²) in [6.45, 7) is 27.8. The van der Waals surface area contributed by atoms with Crippen LogP contribution in [0.3, 0.4) is 0 Å². The molecule has 0 saturated carbocycles. The van der Waals surface area contributed by atoms with Crippen LogP contribution in [0.2, 0.25) is 0 Å². The van der Waals surface area contributed by atoms with Crippen molar-refractivity contribution in [3.05, 3.63) is 36.2 Å². The third-order valence-electron chi connectivity index (χ3n) is 19.6. The lowest BCUT2D eigenvalue weighted by Crippen LogP contribution is -2.62. The largest absolute Gasteiger partial charge is 0.390 e. The molecule has 1 aliphatic rings. The van der Waals surface area contributed by atoms with Gasteiger partial charge >= 0.3 is 0 Å². The average molecular weight is 1410 g/mol. The number of aliphatic hydroxyl groups excluding tert-OH is 1. The number of aliphatic hydroxyl groups is 1. The molecule has 1 aromatic heterocycles. The Kier molecular flexibility index (Phi) is 30.6. The minimum Gasteiger partial charge on any atom is -0.390 e. The van der Waals surface area contributed by atoms with E-state index in [0.717, 1.165) is 9.80 Å². The first-order chi connectivity index (χ1) is 45.8. The van der Waals surface area contributed by atoms with E-state index in [9.17, 15) is 51.6 Å². The fourth-order valence-corrected chi connectivity index (χ4v) is 14.3. The van der Waals surface area contributed by atoms with E-state index < -0.39 is 172 Å². The second-order valence-corrected chi connectivity index (χ2v) is 31.8. The maximum atomic E-state index is 15.6. The summed E-state index contributed by atoms with van der Waals surface area (Å²) in [6.07, 6.45) is -2.16. The number of nitrogens with one attached hydrogen (secondary N) is 2. The first-order valence-corrected chi connectivity index (χ1v) is 36.5. The predicted octanol–water partition coefficient (Wildman–Crippen LogP) is 7.09. The number of imidazole rings is 1. The fourth-order valence-electron chi connectivity index (χ4n) is 13.6. The molecule has 0 radical (unpaired) electrons. The summed E-state index contributed by atoms with van der Waals surface area (Å²) in [7, 11) is 5.37. The van der Waals surface area contributed by atoms with Crippen molar-refractivity contribution in [1.82, 2.24) is 49.6 Å². The number of carbonyl (C=O) groups is 11. The number of ketones is 3. The number of nitrogens with zero attached hydrogens (tertiary/aromatic N) is 8. The summed E-state index contributed by atoms with van der Waals surface area (Å²) in [5.41, 5.74) is 0.843. The Balaban J connectivity index is 1.94. The summed E-state index contributed by atoms with van der Waals surface area (Å²) in [5, 5.41) is 16.1. The highest BCUT2D eigenvalue weighted by molar-refractivity contribution is 7.86. The van der Waals surface area contributed by atoms with Gasteiger partial charge in [0.25, 0.3) is 10.1 Å². The highest BCUT2D eigenvalue weighted by atomic mass is 32.2. The lowest BCUT2D eigenvalue weighted by Gasteiger charge is -2.41. The average Bonchev–Trinajstić information content (AvgIpc) is 1.75. The molecule has 8 amide bonds. The van der Waals surface area contributed by atoms with Gasteiger partial charge in [0.05, 0.1) is 35.8 Å². The fraction of sp³-hybridized carbons (Fsp3) is 0.699. The maximum absolute atomic E-state index is 15.6. The molecule has 1 fully saturated rings. The number of hydrogen-bond donors (Lipinski definition) is 4. The summed E-state index contributed by atoms with van der Waals surface area (Å²) < 4.78 is 34.8. The number of likely N-dealkylation sites (N-methyl/N-ethyl adjacent to an activating group) is 7. The van der Waals surface area contributed by atoms with Crippen molar-refractivity contribution in [3.8, 4) is 0 Å². The minimum atomic E-state index is -4.63. The Morgan fingerprint density at radius 1 is 0.535 bits per heavy atom. The van der Waals surface area contributed by atoms with Crippen LogP contribution in [-0.4, -0.2) is 231 Å². The molecular weight excluding hydrogens is 1290 g/mol. The van der Waals surface area contributed by atoms with Crippen LogP contribution in [-0.2, 0) is 69.3 Å². The first kappa shape index (κ1) is 84.2. The molecule has 2 aromatic carbocycles. The Bertz CT molecular complexity index is 3510. The molecule has 0 aliphatic carbocycles. The summed E-state index contributed by atoms with van der Waals surface area (Å²) in [5.74, 6) is -11.9. The summed E-state index contributed by atoms with van der Waals surface area (Å²) in [4.78, 5) is 180. The van der Waals surface area contributed by atoms with Crippen molar-refractivity contribution in [2.45, 2.75) is 222 Å². The van der Waals surface area contributed by atoms with E-state index in [1.807, 2.05) is 55.4 Å². The van der Waals surface area contributed by atoms with Gasteiger partial charge in [-0.2, -0.15) is 8.42 Å². The van der Waals surface area contributed by atoms with Gasteiger partial charge in [0.2, 0.25) is 47.3 Å². The van der Waals surface area contributed by atoms with Gasteiger partial charge in [-0.05, 0) is 92.6 Å². The summed E-state index contributed by atoms with van der Waals surface area (Å²) >= 11 is 0. The molecular formula is C73H116N10O15S. The molecule has 3 aromatic rings. The number of carbonyl (C=O) groups excluding carboxylic acids is 11. The number of rotatable bonds is 16. The molecule has 0 unspecified atom stereocenters. The highest BCUT2D eigenvalue weighted by Gasteiger charge is 2.46. The Morgan fingerprint density at radius 3 is 1.53 bits per heavy atom. The van der Waals surface area contributed by atoms with Crippen molar-refractivity contribution in [2.75, 3.05) is 55.9 Å². The molecule has 4 rings (SSSR count). The number of fused-ring (bicyclic) bond motifs is 3. The van der Waals surface area contributed by atoms with Gasteiger partial charge in [-0.3, -0.25) is 57.3 Å². The first-order valence-electron chi connectivity index (χ1n) is 35.1. The molecule has 4 N–H and O–H groups in total. The van der Waals surface area contributed by atoms with E-state index in [0.29, 0.717) is 22.2 Å². The van der Waals surface area contributed by atoms with E-state index in [-0.39, 0.29) is 85.3 Å². The van der Waals surface area contributed by atoms with Crippen LogP contribution in [0, 0.1) is 59.2 Å². The van der Waals surface area contributed by atoms with Crippen LogP contribution in [0.5, 0.6) is 0 Å². The van der Waals surface area contributed by atoms with E-state index >= 15 is 19.2 Å². The topological polar surface area (TPSA) is 326 Å². The van der Waals surface area contributed by atoms with Crippen LogP contribution in [0.25, 0.3) is 21.8 Å². The molecule has 12 atom stereocenters. The zero-order chi connectivity index (χ0) is 75.5. The zero-order valence-electron chi connectivity index (χ0n) is 63.0. The second-order valence-electron chi connectivity index (χ2n) is 30.4. The van der Waals surface area contributed by atoms with Gasteiger partial charge in [0, 0.05) is 104 Å². The number of aromatic nitrogens is 2. The molecule has 99 heavy (non-hydrogen) atoms. The minimum absolute atomic E-state index is 0.0458. The number of benzene rings is 2. The van der Waals surface area contributed by atoms with Gasteiger partial charge in [-0.15, -0.1) is 0 Å². The van der Waals surface area contributed by atoms with Crippen LogP contribution in [0.1, 0.15) is 168 Å². The molecule has 554 valence electrons. The van der Waals surface area contributed by atoms with Crippen LogP contribution >= 0.6 is 0 Å². The molecule has 1 aliphatic heterocycles. The molecule has 2 heterocycles. The molecule has 0 spiro atoms. The highest BCUT2D eigenvalue weighted by Crippen LogP contribution is 2.33. The number of aromatic amines is 1. The predicted molar refractivity (Wildman–Crippen MR) is 380 cm³/mol. The van der Waals surface area contributed by atoms with Crippen LogP contribution in [0.15, 0.2) is 35.2 Å². The monoisotopic (exact) mass is 1400 g/mol. The number of H-pyrrole nitrogens is 1. The zero-order valence-corrected chi connectivity index (χ0v) is 63.9. The number of hydrogen-bond acceptors (Lipinski definition) is 15. The van der Waals surface area contributed by atoms with Gasteiger partial charge < -0.3 is 49.7 Å². The lowest BCUT2D eigenvalue weighted by molar-refractivity contribution is -0.157. The third-order valence-corrected chi connectivity index (χ3v) is 20.5. The van der Waals surface area contributed by atoms with Crippen molar-refractivity contribution >= 4 is 96.5 Å². The smallest absolute Gasteiger partial charge is 0.295 e. The number of amides is 8. The van der Waals surface area contributed by atoms with Crippen molar-refractivity contribution in [3.63, 3.8) is 0 Å². The molecule has 26 heteroatoms.